The van der Waals surface area contributed by atoms with E-state index in [9.17, 15) is 27.6 Å². The Hall–Kier alpha value is -4.09. The van der Waals surface area contributed by atoms with Crippen molar-refractivity contribution >= 4 is 40.0 Å². The second kappa shape index (κ2) is 9.66. The number of ketones is 1. The molecular weight excluding hydrogens is 501 g/mol. The van der Waals surface area contributed by atoms with E-state index in [1.54, 1.807) is 23.1 Å². The van der Waals surface area contributed by atoms with Crippen molar-refractivity contribution in [3.63, 3.8) is 0 Å². The smallest absolute Gasteiger partial charge is 0.382 e. The van der Waals surface area contributed by atoms with Gasteiger partial charge in [0.05, 0.1) is 25.2 Å². The highest BCUT2D eigenvalue weighted by atomic mass is 19.4. The molecule has 3 heterocycles. The van der Waals surface area contributed by atoms with Crippen LogP contribution in [-0.4, -0.2) is 75.6 Å². The third-order valence-corrected chi connectivity index (χ3v) is 7.35. The minimum atomic E-state index is -4.44. The fraction of sp³-hybridized carbons (Fsp3) is 0.385. The van der Waals surface area contributed by atoms with E-state index in [4.69, 9.17) is 5.73 Å². The molecule has 1 spiro atoms. The Kier molecular flexibility index (Phi) is 6.49. The molecule has 2 saturated heterocycles. The predicted molar refractivity (Wildman–Crippen MR) is 134 cm³/mol. The van der Waals surface area contributed by atoms with Gasteiger partial charge in [-0.25, -0.2) is 0 Å². The zero-order valence-corrected chi connectivity index (χ0v) is 20.5. The quantitative estimate of drug-likeness (QED) is 0.507. The zero-order valence-electron chi connectivity index (χ0n) is 20.5. The highest BCUT2D eigenvalue weighted by Crippen LogP contribution is 2.40. The van der Waals surface area contributed by atoms with Crippen LogP contribution in [0.15, 0.2) is 48.5 Å². The molecule has 12 heteroatoms. The number of nitrogens with one attached hydrogen (secondary N) is 1. The number of para-hydroxylation sites is 1. The average Bonchev–Trinajstić information content (AvgIpc) is 3.40. The lowest BCUT2D eigenvalue weighted by atomic mass is 9.85. The van der Waals surface area contributed by atoms with Gasteiger partial charge in [0.15, 0.2) is 11.6 Å². The summed E-state index contributed by atoms with van der Waals surface area (Å²) >= 11 is 0. The maximum atomic E-state index is 13.7. The van der Waals surface area contributed by atoms with Crippen molar-refractivity contribution in [2.45, 2.75) is 37.4 Å². The molecule has 200 valence electrons. The fourth-order valence-electron chi connectivity index (χ4n) is 5.33. The molecule has 3 aromatic rings. The minimum Gasteiger partial charge on any atom is -0.382 e. The summed E-state index contributed by atoms with van der Waals surface area (Å²) < 4.78 is 37.8. The first-order chi connectivity index (χ1) is 18.1. The lowest BCUT2D eigenvalue weighted by Gasteiger charge is -2.43. The summed E-state index contributed by atoms with van der Waals surface area (Å²) in [5.74, 6) is -0.839. The Balaban J connectivity index is 1.34. The van der Waals surface area contributed by atoms with Gasteiger partial charge in [-0.3, -0.25) is 19.5 Å². The Labute approximate surface area is 216 Å². The molecule has 5 rings (SSSR count). The number of fused-ring (bicyclic) bond motifs is 1. The number of aromatic amines is 1. The summed E-state index contributed by atoms with van der Waals surface area (Å²) in [6.07, 6.45) is -5.69. The van der Waals surface area contributed by atoms with E-state index < -0.39 is 30.3 Å². The minimum absolute atomic E-state index is 0.0883. The summed E-state index contributed by atoms with van der Waals surface area (Å²) in [6, 6.07) is 14.3. The van der Waals surface area contributed by atoms with E-state index in [1.165, 1.54) is 4.90 Å². The number of likely N-dealkylation sites (tertiary alicyclic amines) is 1. The van der Waals surface area contributed by atoms with Crippen molar-refractivity contribution in [1.82, 2.24) is 20.0 Å². The van der Waals surface area contributed by atoms with Crippen molar-refractivity contribution in [2.75, 3.05) is 36.9 Å². The molecule has 2 aromatic carbocycles. The monoisotopic (exact) mass is 528 g/mol. The first-order valence-electron chi connectivity index (χ1n) is 12.3. The van der Waals surface area contributed by atoms with E-state index in [0.717, 1.165) is 11.2 Å². The van der Waals surface area contributed by atoms with E-state index in [0.29, 0.717) is 42.7 Å². The number of anilines is 2. The third-order valence-electron chi connectivity index (χ3n) is 7.35. The zero-order chi connectivity index (χ0) is 27.1. The number of hydrogen-bond acceptors (Lipinski definition) is 6. The number of rotatable bonds is 6. The Morgan fingerprint density at radius 3 is 2.47 bits per heavy atom. The summed E-state index contributed by atoms with van der Waals surface area (Å²) in [7, 11) is 0. The van der Waals surface area contributed by atoms with Gasteiger partial charge in [-0.1, -0.05) is 18.2 Å². The van der Waals surface area contributed by atoms with Crippen LogP contribution in [0.3, 0.4) is 0 Å². The summed E-state index contributed by atoms with van der Waals surface area (Å²) in [5.41, 5.74) is 6.83. The van der Waals surface area contributed by atoms with Gasteiger partial charge in [-0.2, -0.15) is 18.3 Å². The van der Waals surface area contributed by atoms with E-state index in [-0.39, 0.29) is 25.0 Å². The SMILES string of the molecule is Nc1n[nH]c2ccc(C(=O)N3CCC4(CC3)C(=O)N(CC(=O)CCC(F)(F)F)CN4c3ccccc3)cc12. The van der Waals surface area contributed by atoms with Crippen LogP contribution < -0.4 is 10.6 Å². The van der Waals surface area contributed by atoms with Crippen molar-refractivity contribution in [1.29, 1.82) is 0 Å². The molecule has 0 atom stereocenters. The second-order valence-corrected chi connectivity index (χ2v) is 9.75. The lowest BCUT2D eigenvalue weighted by molar-refractivity contribution is -0.145. The van der Waals surface area contributed by atoms with Crippen molar-refractivity contribution in [2.24, 2.45) is 0 Å². The summed E-state index contributed by atoms with van der Waals surface area (Å²) in [5, 5.41) is 7.40. The Morgan fingerprint density at radius 1 is 1.08 bits per heavy atom. The maximum Gasteiger partial charge on any atom is 0.389 e. The van der Waals surface area contributed by atoms with Gasteiger partial charge in [-0.15, -0.1) is 0 Å². The van der Waals surface area contributed by atoms with Gasteiger partial charge in [0, 0.05) is 36.1 Å². The lowest BCUT2D eigenvalue weighted by Crippen LogP contribution is -2.57. The van der Waals surface area contributed by atoms with Gasteiger partial charge in [-0.05, 0) is 43.2 Å². The number of nitrogens with zero attached hydrogens (tertiary/aromatic N) is 4. The molecule has 3 N–H and O–H groups in total. The van der Waals surface area contributed by atoms with Gasteiger partial charge in [0.25, 0.3) is 5.91 Å². The molecule has 2 amide bonds. The average molecular weight is 529 g/mol. The number of benzene rings is 2. The molecule has 2 aliphatic heterocycles. The van der Waals surface area contributed by atoms with Crippen molar-refractivity contribution in [3.05, 3.63) is 54.1 Å². The van der Waals surface area contributed by atoms with E-state index in [1.807, 2.05) is 35.2 Å². The highest BCUT2D eigenvalue weighted by molar-refractivity contribution is 6.01. The number of halogens is 3. The van der Waals surface area contributed by atoms with Gasteiger partial charge >= 0.3 is 6.18 Å². The van der Waals surface area contributed by atoms with Gasteiger partial charge in [0.2, 0.25) is 5.91 Å². The van der Waals surface area contributed by atoms with Crippen LogP contribution in [0.1, 0.15) is 36.0 Å². The number of carbonyl (C=O) groups excluding carboxylic acids is 3. The molecule has 0 unspecified atom stereocenters. The number of carbonyl (C=O) groups is 3. The molecule has 2 aliphatic rings. The van der Waals surface area contributed by atoms with Crippen LogP contribution in [0.2, 0.25) is 0 Å². The number of alkyl halides is 3. The standard InChI is InChI=1S/C26H27F3N6O3/c27-26(28,29)9-8-19(36)15-34-16-35(18-4-2-1-3-5-18)25(24(34)38)10-12-33(13-11-25)23(37)17-6-7-21-20(14-17)22(30)32-31-21/h1-7,14H,8-13,15-16H2,(H3,30,31,32). The number of H-pyrrole nitrogens is 1. The van der Waals surface area contributed by atoms with E-state index >= 15 is 0 Å². The number of amides is 2. The first kappa shape index (κ1) is 25.6. The van der Waals surface area contributed by atoms with Crippen LogP contribution >= 0.6 is 0 Å². The molecule has 2 fully saturated rings. The molecular formula is C26H27F3N6O3. The summed E-state index contributed by atoms with van der Waals surface area (Å²) in [4.78, 5) is 44.2. The molecule has 0 bridgehead atoms. The second-order valence-electron chi connectivity index (χ2n) is 9.75. The normalized spacial score (nSPS) is 17.6. The van der Waals surface area contributed by atoms with Crippen molar-refractivity contribution in [3.8, 4) is 0 Å². The van der Waals surface area contributed by atoms with Crippen LogP contribution in [0, 0.1) is 0 Å². The molecule has 38 heavy (non-hydrogen) atoms. The van der Waals surface area contributed by atoms with Gasteiger partial charge < -0.3 is 20.4 Å². The predicted octanol–water partition coefficient (Wildman–Crippen LogP) is 3.34. The largest absolute Gasteiger partial charge is 0.389 e. The number of piperidine rings is 1. The van der Waals surface area contributed by atoms with Crippen molar-refractivity contribution < 1.29 is 27.6 Å². The van der Waals surface area contributed by atoms with E-state index in [2.05, 4.69) is 10.2 Å². The number of hydrogen-bond donors (Lipinski definition) is 2. The highest BCUT2D eigenvalue weighted by Gasteiger charge is 2.54. The Morgan fingerprint density at radius 2 is 1.79 bits per heavy atom. The summed E-state index contributed by atoms with van der Waals surface area (Å²) in [6.45, 7) is 0.297. The third kappa shape index (κ3) is 4.77. The Bertz CT molecular complexity index is 1370. The van der Waals surface area contributed by atoms with Crippen LogP contribution in [-0.2, 0) is 9.59 Å². The fourth-order valence-corrected chi connectivity index (χ4v) is 5.33. The molecule has 0 radical (unpaired) electrons. The first-order valence-corrected chi connectivity index (χ1v) is 12.3. The van der Waals surface area contributed by atoms with Crippen LogP contribution in [0.4, 0.5) is 24.7 Å². The maximum absolute atomic E-state index is 13.7. The molecule has 0 saturated carbocycles. The van der Waals surface area contributed by atoms with Crippen LogP contribution in [0.25, 0.3) is 10.9 Å². The number of nitrogens with two attached hydrogens (primary N) is 1. The molecule has 1 aromatic heterocycles. The number of aromatic nitrogens is 2. The van der Waals surface area contributed by atoms with Gasteiger partial charge in [0.1, 0.15) is 5.54 Å². The molecule has 0 aliphatic carbocycles. The number of Topliss-reactive ketones (excluding diaryl/α,β-unsaturated/α-hetero) is 1. The molecule has 9 nitrogen and oxygen atoms in total. The van der Waals surface area contributed by atoms with Crippen LogP contribution in [0.5, 0.6) is 0 Å². The number of nitrogen functional groups attached to an aromatic ring is 1. The topological polar surface area (TPSA) is 116 Å².